The number of carbonyl (C=O) groups excluding carboxylic acids is 2. The first kappa shape index (κ1) is 13.4. The van der Waals surface area contributed by atoms with Crippen molar-refractivity contribution in [2.75, 3.05) is 0 Å². The third-order valence-electron chi connectivity index (χ3n) is 2.80. The van der Waals surface area contributed by atoms with Gasteiger partial charge in [-0.25, -0.2) is 4.99 Å². The Morgan fingerprint density at radius 2 is 2.38 bits per heavy atom. The van der Waals surface area contributed by atoms with E-state index in [1.807, 2.05) is 17.5 Å². The van der Waals surface area contributed by atoms with Gasteiger partial charge in [0.25, 0.3) is 5.91 Å². The van der Waals surface area contributed by atoms with Crippen LogP contribution in [0.3, 0.4) is 0 Å². The minimum atomic E-state index is -0.973. The molecule has 0 bridgehead atoms. The van der Waals surface area contributed by atoms with Gasteiger partial charge < -0.3 is 9.26 Å². The van der Waals surface area contributed by atoms with Crippen molar-refractivity contribution >= 4 is 29.4 Å². The van der Waals surface area contributed by atoms with Gasteiger partial charge in [-0.05, 0) is 17.5 Å². The standard InChI is InChI=1S/C14H10N2O4S/c17-13-10(3-1-5-15-13)14(18)19-8-9-7-11(20-16-9)12-4-2-6-21-12/h1-7,10H,8H2. The third kappa shape index (κ3) is 2.97. The molecule has 0 fully saturated rings. The molecule has 3 rings (SSSR count). The molecule has 2 aromatic rings. The quantitative estimate of drug-likeness (QED) is 0.639. The number of thiophene rings is 1. The lowest BCUT2D eigenvalue weighted by Crippen LogP contribution is -2.24. The normalized spacial score (nSPS) is 17.1. The Balaban J connectivity index is 1.60. The maximum atomic E-state index is 11.8. The molecule has 0 radical (unpaired) electrons. The predicted octanol–water partition coefficient (Wildman–Crippen LogP) is 2.23. The summed E-state index contributed by atoms with van der Waals surface area (Å²) in [6.07, 6.45) is 4.34. The Labute approximate surface area is 123 Å². The van der Waals surface area contributed by atoms with E-state index in [9.17, 15) is 9.59 Å². The Bertz CT molecular complexity index is 715. The maximum absolute atomic E-state index is 11.8. The molecule has 0 saturated carbocycles. The Morgan fingerprint density at radius 1 is 1.48 bits per heavy atom. The Hall–Kier alpha value is -2.54. The molecule has 1 unspecified atom stereocenters. The summed E-state index contributed by atoms with van der Waals surface area (Å²) in [4.78, 5) is 27.7. The lowest BCUT2D eigenvalue weighted by atomic mass is 10.1. The number of aromatic nitrogens is 1. The monoisotopic (exact) mass is 302 g/mol. The number of allylic oxidation sites excluding steroid dienone is 1. The fraction of sp³-hybridized carbons (Fsp3) is 0.143. The van der Waals surface area contributed by atoms with Gasteiger partial charge in [-0.1, -0.05) is 17.3 Å². The zero-order chi connectivity index (χ0) is 14.7. The number of hydrogen-bond donors (Lipinski definition) is 0. The van der Waals surface area contributed by atoms with Gasteiger partial charge in [-0.3, -0.25) is 9.59 Å². The molecular formula is C14H10N2O4S. The summed E-state index contributed by atoms with van der Waals surface area (Å²) in [5.41, 5.74) is 0.488. The number of dihydropyridines is 1. The second-order valence-electron chi connectivity index (χ2n) is 4.25. The first-order chi connectivity index (χ1) is 10.2. The van der Waals surface area contributed by atoms with E-state index >= 15 is 0 Å². The van der Waals surface area contributed by atoms with E-state index in [1.165, 1.54) is 23.6 Å². The molecule has 7 heteroatoms. The van der Waals surface area contributed by atoms with E-state index in [4.69, 9.17) is 9.26 Å². The van der Waals surface area contributed by atoms with Crippen molar-refractivity contribution in [2.24, 2.45) is 10.9 Å². The smallest absolute Gasteiger partial charge is 0.322 e. The van der Waals surface area contributed by atoms with Gasteiger partial charge in [-0.2, -0.15) is 0 Å². The van der Waals surface area contributed by atoms with Crippen LogP contribution in [0.15, 0.2) is 45.2 Å². The van der Waals surface area contributed by atoms with Crippen LogP contribution in [0.4, 0.5) is 0 Å². The minimum Gasteiger partial charge on any atom is -0.458 e. The molecule has 0 N–H and O–H groups in total. The molecule has 0 aromatic carbocycles. The molecule has 6 nitrogen and oxygen atoms in total. The van der Waals surface area contributed by atoms with E-state index in [1.54, 1.807) is 12.1 Å². The summed E-state index contributed by atoms with van der Waals surface area (Å²) >= 11 is 1.53. The van der Waals surface area contributed by atoms with Crippen LogP contribution in [0.2, 0.25) is 0 Å². The van der Waals surface area contributed by atoms with Crippen molar-refractivity contribution in [3.8, 4) is 10.6 Å². The van der Waals surface area contributed by atoms with Crippen molar-refractivity contribution in [1.29, 1.82) is 0 Å². The Morgan fingerprint density at radius 3 is 3.14 bits per heavy atom. The summed E-state index contributed by atoms with van der Waals surface area (Å²) in [7, 11) is 0. The number of rotatable bonds is 4. The molecule has 106 valence electrons. The van der Waals surface area contributed by atoms with Crippen LogP contribution < -0.4 is 0 Å². The molecule has 1 atom stereocenters. The highest BCUT2D eigenvalue weighted by molar-refractivity contribution is 7.13. The van der Waals surface area contributed by atoms with E-state index in [2.05, 4.69) is 10.1 Å². The molecular weight excluding hydrogens is 292 g/mol. The molecule has 0 saturated heterocycles. The molecule has 0 aliphatic carbocycles. The number of hydrogen-bond acceptors (Lipinski definition) is 6. The third-order valence-corrected chi connectivity index (χ3v) is 3.68. The highest BCUT2D eigenvalue weighted by Crippen LogP contribution is 2.25. The predicted molar refractivity (Wildman–Crippen MR) is 75.7 cm³/mol. The number of esters is 1. The van der Waals surface area contributed by atoms with Gasteiger partial charge in [0, 0.05) is 12.3 Å². The molecule has 21 heavy (non-hydrogen) atoms. The largest absolute Gasteiger partial charge is 0.458 e. The van der Waals surface area contributed by atoms with Gasteiger partial charge in [0.05, 0.1) is 4.88 Å². The van der Waals surface area contributed by atoms with Crippen LogP contribution in [0.25, 0.3) is 10.6 Å². The zero-order valence-electron chi connectivity index (χ0n) is 10.8. The lowest BCUT2D eigenvalue weighted by Gasteiger charge is -2.09. The van der Waals surface area contributed by atoms with Crippen molar-refractivity contribution in [1.82, 2.24) is 5.16 Å². The summed E-state index contributed by atoms with van der Waals surface area (Å²) in [6.45, 7) is -0.0466. The summed E-state index contributed by atoms with van der Waals surface area (Å²) in [5, 5.41) is 5.76. The van der Waals surface area contributed by atoms with Crippen molar-refractivity contribution in [3.05, 3.63) is 41.4 Å². The number of aliphatic imine (C=N–C) groups is 1. The summed E-state index contributed by atoms with van der Waals surface area (Å²) in [6, 6.07) is 5.52. The van der Waals surface area contributed by atoms with Crippen LogP contribution in [-0.2, 0) is 20.9 Å². The molecule has 2 aromatic heterocycles. The lowest BCUT2D eigenvalue weighted by molar-refractivity contribution is -0.151. The highest BCUT2D eigenvalue weighted by Gasteiger charge is 2.26. The topological polar surface area (TPSA) is 81.8 Å². The van der Waals surface area contributed by atoms with E-state index in [0.717, 1.165) is 4.88 Å². The van der Waals surface area contributed by atoms with Crippen LogP contribution in [0, 0.1) is 5.92 Å². The second kappa shape index (κ2) is 5.84. The molecule has 1 amide bonds. The summed E-state index contributed by atoms with van der Waals surface area (Å²) in [5.74, 6) is -1.52. The SMILES string of the molecule is O=C1N=CC=CC1C(=O)OCc1cc(-c2cccs2)on1. The minimum absolute atomic E-state index is 0.0466. The summed E-state index contributed by atoms with van der Waals surface area (Å²) < 4.78 is 10.2. The fourth-order valence-electron chi connectivity index (χ4n) is 1.77. The van der Waals surface area contributed by atoms with Crippen LogP contribution in [-0.4, -0.2) is 23.2 Å². The fourth-order valence-corrected chi connectivity index (χ4v) is 2.44. The van der Waals surface area contributed by atoms with Crippen LogP contribution >= 0.6 is 11.3 Å². The first-order valence-electron chi connectivity index (χ1n) is 6.15. The Kier molecular flexibility index (Phi) is 3.74. The van der Waals surface area contributed by atoms with E-state index in [0.29, 0.717) is 11.5 Å². The number of nitrogens with zero attached hydrogens (tertiary/aromatic N) is 2. The average Bonchev–Trinajstić information content (AvgIpc) is 3.16. The molecule has 3 heterocycles. The number of carbonyl (C=O) groups is 2. The highest BCUT2D eigenvalue weighted by atomic mass is 32.1. The molecule has 1 aliphatic rings. The van der Waals surface area contributed by atoms with Crippen LogP contribution in [0.1, 0.15) is 5.69 Å². The zero-order valence-corrected chi connectivity index (χ0v) is 11.6. The number of ether oxygens (including phenoxy) is 1. The van der Waals surface area contributed by atoms with Gasteiger partial charge in [0.2, 0.25) is 0 Å². The average molecular weight is 302 g/mol. The maximum Gasteiger partial charge on any atom is 0.322 e. The van der Waals surface area contributed by atoms with E-state index < -0.39 is 17.8 Å². The van der Waals surface area contributed by atoms with Gasteiger partial charge in [-0.15, -0.1) is 11.3 Å². The van der Waals surface area contributed by atoms with Gasteiger partial charge in [0.15, 0.2) is 11.7 Å². The second-order valence-corrected chi connectivity index (χ2v) is 5.19. The molecule has 1 aliphatic heterocycles. The van der Waals surface area contributed by atoms with Crippen LogP contribution in [0.5, 0.6) is 0 Å². The van der Waals surface area contributed by atoms with Crippen molar-refractivity contribution in [2.45, 2.75) is 6.61 Å². The van der Waals surface area contributed by atoms with Gasteiger partial charge in [0.1, 0.15) is 12.3 Å². The number of amides is 1. The van der Waals surface area contributed by atoms with E-state index in [-0.39, 0.29) is 6.61 Å². The first-order valence-corrected chi connectivity index (χ1v) is 7.03. The van der Waals surface area contributed by atoms with Crippen molar-refractivity contribution < 1.29 is 18.8 Å². The van der Waals surface area contributed by atoms with Crippen molar-refractivity contribution in [3.63, 3.8) is 0 Å². The molecule has 0 spiro atoms. The van der Waals surface area contributed by atoms with Gasteiger partial charge >= 0.3 is 5.97 Å².